The van der Waals surface area contributed by atoms with Crippen molar-refractivity contribution in [2.75, 3.05) is 0 Å². The van der Waals surface area contributed by atoms with Crippen LogP contribution >= 0.6 is 33.2 Å². The molecule has 1 atom stereocenters. The number of hydrogen-bond acceptors (Lipinski definition) is 0. The van der Waals surface area contributed by atoms with Gasteiger partial charge >= 0.3 is 6.00 Å². The molecule has 9 heavy (non-hydrogen) atoms. The van der Waals surface area contributed by atoms with Gasteiger partial charge in [0.2, 0.25) is 0 Å². The molecule has 0 saturated heterocycles. The highest BCUT2D eigenvalue weighted by Crippen LogP contribution is 2.29. The first-order valence-electron chi connectivity index (χ1n) is 1.84. The summed E-state index contributed by atoms with van der Waals surface area (Å²) in [5.74, 6) is -2.58. The molecule has 0 aromatic rings. The number of hydrogen-bond donors (Lipinski definition) is 0. The van der Waals surface area contributed by atoms with Crippen molar-refractivity contribution >= 4 is 39.2 Å². The van der Waals surface area contributed by atoms with Crippen molar-refractivity contribution in [2.45, 2.75) is 12.2 Å². The van der Waals surface area contributed by atoms with Crippen LogP contribution in [0.3, 0.4) is 0 Å². The molecule has 0 N–H and O–H groups in total. The molecular weight excluding hydrogens is 215 g/mol. The number of alkyl halides is 3. The van der Waals surface area contributed by atoms with Gasteiger partial charge < -0.3 is 0 Å². The Kier molecular flexibility index (Phi) is 3.65. The van der Waals surface area contributed by atoms with E-state index in [4.69, 9.17) is 33.2 Å². The van der Waals surface area contributed by atoms with Gasteiger partial charge in [-0.2, -0.15) is 0 Å². The molecule has 0 spiro atoms. The molecule has 0 bridgehead atoms. The Bertz CT molecular complexity index is 91.5. The van der Waals surface area contributed by atoms with Crippen LogP contribution in [0.5, 0.6) is 0 Å². The molecule has 0 aromatic carbocycles. The Morgan fingerprint density at radius 3 is 1.33 bits per heavy atom. The van der Waals surface area contributed by atoms with Crippen molar-refractivity contribution in [3.05, 3.63) is 0 Å². The van der Waals surface area contributed by atoms with E-state index in [-0.39, 0.29) is 0 Å². The molecule has 56 valence electrons. The monoisotopic (exact) mass is 216 g/mol. The topological polar surface area (TPSA) is 0 Å². The van der Waals surface area contributed by atoms with Crippen LogP contribution in [-0.2, 0) is 0 Å². The van der Waals surface area contributed by atoms with Crippen molar-refractivity contribution in [3.63, 3.8) is 0 Å². The molecule has 0 heterocycles. The van der Waals surface area contributed by atoms with Crippen LogP contribution in [0.25, 0.3) is 0 Å². The summed E-state index contributed by atoms with van der Waals surface area (Å²) in [5, 5.41) is 0. The highest BCUT2D eigenvalue weighted by Gasteiger charge is 2.43. The Balaban J connectivity index is 3.88. The van der Waals surface area contributed by atoms with E-state index in [0.29, 0.717) is 0 Å². The predicted octanol–water partition coefficient (Wildman–Crippen LogP) is 2.78. The second-order valence-electron chi connectivity index (χ2n) is 1.28. The standard InChI is InChI=1S/C2H2Cl3F3Si/c3-9(4,5)2(8)1(6)7/h1-2H. The summed E-state index contributed by atoms with van der Waals surface area (Å²) >= 11 is 14.7. The van der Waals surface area contributed by atoms with Gasteiger partial charge in [-0.15, -0.1) is 33.2 Å². The average Bonchev–Trinajstić information content (AvgIpc) is 1.62. The van der Waals surface area contributed by atoms with Crippen LogP contribution in [-0.4, -0.2) is 18.2 Å². The summed E-state index contributed by atoms with van der Waals surface area (Å²) in [6, 6.07) is -3.82. The Morgan fingerprint density at radius 2 is 1.33 bits per heavy atom. The molecule has 0 aliphatic heterocycles. The maximum atomic E-state index is 11.9. The van der Waals surface area contributed by atoms with E-state index in [2.05, 4.69) is 0 Å². The van der Waals surface area contributed by atoms with Crippen molar-refractivity contribution in [1.82, 2.24) is 0 Å². The molecular formula is C2H2Cl3F3Si. The summed E-state index contributed by atoms with van der Waals surface area (Å²) in [6.07, 6.45) is -3.19. The lowest BCUT2D eigenvalue weighted by molar-refractivity contribution is 0.0892. The fourth-order valence-electron chi connectivity index (χ4n) is 0.143. The van der Waals surface area contributed by atoms with Crippen LogP contribution in [0.15, 0.2) is 0 Å². The summed E-state index contributed by atoms with van der Waals surface area (Å²) < 4.78 is 34.6. The molecule has 0 rings (SSSR count). The molecule has 0 aliphatic carbocycles. The van der Waals surface area contributed by atoms with E-state index in [9.17, 15) is 13.2 Å². The first kappa shape index (κ1) is 9.88. The third-order valence-corrected chi connectivity index (χ3v) is 3.29. The first-order chi connectivity index (χ1) is 3.85. The Hall–Kier alpha value is 0.877. The molecule has 1 unspecified atom stereocenters. The molecule has 0 saturated carbocycles. The van der Waals surface area contributed by atoms with Crippen molar-refractivity contribution in [2.24, 2.45) is 0 Å². The van der Waals surface area contributed by atoms with Gasteiger partial charge in [0.25, 0.3) is 6.43 Å². The largest absolute Gasteiger partial charge is 0.380 e. The van der Waals surface area contributed by atoms with Crippen molar-refractivity contribution < 1.29 is 13.2 Å². The zero-order valence-electron chi connectivity index (χ0n) is 3.92. The first-order valence-corrected chi connectivity index (χ1v) is 6.96. The minimum Gasteiger partial charge on any atom is -0.241 e. The molecule has 7 heteroatoms. The third-order valence-electron chi connectivity index (χ3n) is 0.534. The lowest BCUT2D eigenvalue weighted by Gasteiger charge is -2.11. The van der Waals surface area contributed by atoms with Crippen LogP contribution < -0.4 is 0 Å². The van der Waals surface area contributed by atoms with Crippen LogP contribution in [0.4, 0.5) is 13.2 Å². The van der Waals surface area contributed by atoms with E-state index in [1.807, 2.05) is 0 Å². The van der Waals surface area contributed by atoms with Crippen LogP contribution in [0.1, 0.15) is 0 Å². The highest BCUT2D eigenvalue weighted by molar-refractivity contribution is 7.65. The summed E-state index contributed by atoms with van der Waals surface area (Å²) in [6.45, 7) is 0. The zero-order chi connectivity index (χ0) is 7.65. The van der Waals surface area contributed by atoms with E-state index in [1.165, 1.54) is 0 Å². The highest BCUT2D eigenvalue weighted by atomic mass is 35.8. The minimum atomic E-state index is -3.82. The third kappa shape index (κ3) is 3.55. The predicted molar refractivity (Wildman–Crippen MR) is 34.2 cm³/mol. The van der Waals surface area contributed by atoms with Gasteiger partial charge in [0.15, 0.2) is 5.79 Å². The zero-order valence-corrected chi connectivity index (χ0v) is 7.19. The quantitative estimate of drug-likeness (QED) is 0.493. The minimum absolute atomic E-state index is 2.58. The fourth-order valence-corrected chi connectivity index (χ4v) is 1.29. The average molecular weight is 217 g/mol. The number of halogens is 6. The van der Waals surface area contributed by atoms with Crippen molar-refractivity contribution in [1.29, 1.82) is 0 Å². The summed E-state index contributed by atoms with van der Waals surface area (Å²) in [5.41, 5.74) is 0. The molecule has 0 nitrogen and oxygen atoms in total. The molecule has 0 fully saturated rings. The lowest BCUT2D eigenvalue weighted by Crippen LogP contribution is -2.33. The maximum Gasteiger partial charge on any atom is 0.380 e. The van der Waals surface area contributed by atoms with Crippen LogP contribution in [0.2, 0.25) is 0 Å². The number of rotatable bonds is 2. The SMILES string of the molecule is FC(F)C(F)[Si](Cl)(Cl)Cl. The Morgan fingerprint density at radius 1 is 1.00 bits per heavy atom. The Labute approximate surface area is 65.0 Å². The van der Waals surface area contributed by atoms with Crippen LogP contribution in [0, 0.1) is 0 Å². The van der Waals surface area contributed by atoms with E-state index in [1.54, 1.807) is 0 Å². The van der Waals surface area contributed by atoms with Gasteiger partial charge in [-0.1, -0.05) is 0 Å². The molecule has 0 amide bonds. The van der Waals surface area contributed by atoms with Gasteiger partial charge in [-0.25, -0.2) is 13.2 Å². The van der Waals surface area contributed by atoms with Gasteiger partial charge in [0, 0.05) is 0 Å². The van der Waals surface area contributed by atoms with Gasteiger partial charge in [0.1, 0.15) is 0 Å². The molecule has 0 aliphatic rings. The van der Waals surface area contributed by atoms with E-state index < -0.39 is 18.2 Å². The maximum absolute atomic E-state index is 11.9. The van der Waals surface area contributed by atoms with Gasteiger partial charge in [-0.05, 0) is 0 Å². The van der Waals surface area contributed by atoms with Gasteiger partial charge in [0.05, 0.1) is 0 Å². The summed E-state index contributed by atoms with van der Waals surface area (Å²) in [7, 11) is 0. The normalized spacial score (nSPS) is 16.3. The van der Waals surface area contributed by atoms with E-state index >= 15 is 0 Å². The molecule has 0 aromatic heterocycles. The fraction of sp³-hybridized carbons (Fsp3) is 1.00. The smallest absolute Gasteiger partial charge is 0.241 e. The second kappa shape index (κ2) is 3.32. The molecule has 0 radical (unpaired) electrons. The summed E-state index contributed by atoms with van der Waals surface area (Å²) in [4.78, 5) is 0. The second-order valence-corrected chi connectivity index (χ2v) is 10.0. The van der Waals surface area contributed by atoms with E-state index in [0.717, 1.165) is 0 Å². The van der Waals surface area contributed by atoms with Gasteiger partial charge in [-0.3, -0.25) is 0 Å². The van der Waals surface area contributed by atoms with Crippen molar-refractivity contribution in [3.8, 4) is 0 Å². The lowest BCUT2D eigenvalue weighted by atomic mass is 10.8.